The lowest BCUT2D eigenvalue weighted by molar-refractivity contribution is 0.0910. The molecular weight excluding hydrogens is 288 g/mol. The molecule has 0 aliphatic rings. The second-order valence-electron chi connectivity index (χ2n) is 6.28. The van der Waals surface area contributed by atoms with E-state index in [0.29, 0.717) is 17.5 Å². The number of nitrogens with one attached hydrogen (secondary N) is 1. The Balaban J connectivity index is 3.13. The van der Waals surface area contributed by atoms with Crippen molar-refractivity contribution in [2.75, 3.05) is 0 Å². The first-order chi connectivity index (χ1) is 9.46. The molecule has 6 heteroatoms. The number of hydrogen-bond donors (Lipinski definition) is 2. The highest BCUT2D eigenvalue weighted by Crippen LogP contribution is 2.20. The van der Waals surface area contributed by atoms with Crippen LogP contribution in [0.4, 0.5) is 0 Å². The highest BCUT2D eigenvalue weighted by Gasteiger charge is 2.23. The van der Waals surface area contributed by atoms with Gasteiger partial charge < -0.3 is 5.32 Å². The van der Waals surface area contributed by atoms with Crippen molar-refractivity contribution < 1.29 is 13.2 Å². The Kier molecular flexibility index (Phi) is 5.17. The molecule has 1 unspecified atom stereocenters. The van der Waals surface area contributed by atoms with E-state index in [1.165, 1.54) is 6.07 Å². The minimum atomic E-state index is -3.84. The number of amides is 1. The molecule has 0 saturated heterocycles. The minimum Gasteiger partial charge on any atom is -0.349 e. The van der Waals surface area contributed by atoms with Crippen molar-refractivity contribution in [3.63, 3.8) is 0 Å². The van der Waals surface area contributed by atoms with Crippen LogP contribution in [0.15, 0.2) is 23.1 Å². The van der Waals surface area contributed by atoms with Crippen LogP contribution in [0, 0.1) is 5.41 Å². The first kappa shape index (κ1) is 17.7. The van der Waals surface area contributed by atoms with Gasteiger partial charge in [0.25, 0.3) is 5.91 Å². The largest absolute Gasteiger partial charge is 0.349 e. The highest BCUT2D eigenvalue weighted by atomic mass is 32.2. The van der Waals surface area contributed by atoms with Crippen LogP contribution in [-0.2, 0) is 16.4 Å². The van der Waals surface area contributed by atoms with E-state index < -0.39 is 10.0 Å². The average Bonchev–Trinajstić information content (AvgIpc) is 2.35. The molecule has 0 spiro atoms. The van der Waals surface area contributed by atoms with E-state index in [2.05, 4.69) is 5.32 Å². The molecule has 3 N–H and O–H groups in total. The Morgan fingerprint density at radius 1 is 1.33 bits per heavy atom. The van der Waals surface area contributed by atoms with Crippen molar-refractivity contribution in [1.82, 2.24) is 5.32 Å². The van der Waals surface area contributed by atoms with Crippen molar-refractivity contribution in [2.45, 2.75) is 52.0 Å². The third kappa shape index (κ3) is 4.54. The quantitative estimate of drug-likeness (QED) is 0.891. The van der Waals surface area contributed by atoms with Crippen LogP contribution in [0.3, 0.4) is 0 Å². The summed E-state index contributed by atoms with van der Waals surface area (Å²) in [5, 5.41) is 8.09. The molecule has 1 aromatic rings. The van der Waals surface area contributed by atoms with E-state index in [-0.39, 0.29) is 22.3 Å². The monoisotopic (exact) mass is 312 g/mol. The summed E-state index contributed by atoms with van der Waals surface area (Å²) in [7, 11) is -3.84. The first-order valence-corrected chi connectivity index (χ1v) is 8.48. The van der Waals surface area contributed by atoms with E-state index in [4.69, 9.17) is 5.14 Å². The zero-order valence-electron chi connectivity index (χ0n) is 13.2. The van der Waals surface area contributed by atoms with Gasteiger partial charge in [0.15, 0.2) is 0 Å². The Bertz CT molecular complexity index is 631. The lowest BCUT2D eigenvalue weighted by atomic mass is 9.88. The molecule has 1 aromatic carbocycles. The number of carbonyl (C=O) groups excluding carboxylic acids is 1. The third-order valence-electron chi connectivity index (χ3n) is 3.66. The van der Waals surface area contributed by atoms with Crippen LogP contribution < -0.4 is 10.5 Å². The van der Waals surface area contributed by atoms with E-state index in [9.17, 15) is 13.2 Å². The van der Waals surface area contributed by atoms with Gasteiger partial charge in [0.1, 0.15) is 0 Å². The number of benzene rings is 1. The highest BCUT2D eigenvalue weighted by molar-refractivity contribution is 7.89. The molecule has 0 radical (unpaired) electrons. The molecule has 0 saturated carbocycles. The van der Waals surface area contributed by atoms with Gasteiger partial charge in [-0.3, -0.25) is 4.79 Å². The number of aryl methyl sites for hydroxylation is 1. The molecule has 0 heterocycles. The van der Waals surface area contributed by atoms with Gasteiger partial charge >= 0.3 is 0 Å². The Labute approximate surface area is 127 Å². The van der Waals surface area contributed by atoms with Gasteiger partial charge in [-0.1, -0.05) is 33.8 Å². The van der Waals surface area contributed by atoms with Crippen LogP contribution in [0.25, 0.3) is 0 Å². The topological polar surface area (TPSA) is 89.3 Å². The maximum Gasteiger partial charge on any atom is 0.251 e. The Morgan fingerprint density at radius 2 is 1.90 bits per heavy atom. The van der Waals surface area contributed by atoms with Crippen LogP contribution in [-0.4, -0.2) is 20.4 Å². The van der Waals surface area contributed by atoms with E-state index in [0.717, 1.165) is 0 Å². The average molecular weight is 312 g/mol. The maximum absolute atomic E-state index is 12.2. The predicted octanol–water partition coefficient (Wildman–Crippen LogP) is 2.06. The molecule has 1 rings (SSSR count). The number of sulfonamides is 1. The Morgan fingerprint density at radius 3 is 2.33 bits per heavy atom. The molecular formula is C15H24N2O3S. The van der Waals surface area contributed by atoms with Crippen LogP contribution >= 0.6 is 0 Å². The third-order valence-corrected chi connectivity index (χ3v) is 4.66. The summed E-state index contributed by atoms with van der Waals surface area (Å²) >= 11 is 0. The first-order valence-electron chi connectivity index (χ1n) is 6.93. The van der Waals surface area contributed by atoms with Crippen molar-refractivity contribution in [3.8, 4) is 0 Å². The summed E-state index contributed by atoms with van der Waals surface area (Å²) in [5.74, 6) is -0.301. The number of carbonyl (C=O) groups is 1. The molecule has 1 atom stereocenters. The van der Waals surface area contributed by atoms with Gasteiger partial charge in [-0.15, -0.1) is 0 Å². The molecule has 0 aliphatic carbocycles. The standard InChI is InChI=1S/C15H24N2O3S/c1-6-11-7-8-12(9-13(11)21(16,19)20)14(18)17-10(2)15(3,4)5/h7-10H,6H2,1-5H3,(H,17,18)(H2,16,19,20). The van der Waals surface area contributed by atoms with Gasteiger partial charge in [-0.25, -0.2) is 13.6 Å². The van der Waals surface area contributed by atoms with Crippen molar-refractivity contribution in [3.05, 3.63) is 29.3 Å². The Hall–Kier alpha value is -1.40. The lowest BCUT2D eigenvalue weighted by Gasteiger charge is -2.28. The molecule has 21 heavy (non-hydrogen) atoms. The maximum atomic E-state index is 12.2. The van der Waals surface area contributed by atoms with E-state index in [1.807, 2.05) is 34.6 Å². The van der Waals surface area contributed by atoms with Crippen LogP contribution in [0.5, 0.6) is 0 Å². The summed E-state index contributed by atoms with van der Waals surface area (Å²) in [6, 6.07) is 4.56. The summed E-state index contributed by atoms with van der Waals surface area (Å²) in [6.07, 6.45) is 0.534. The fraction of sp³-hybridized carbons (Fsp3) is 0.533. The zero-order chi connectivity index (χ0) is 16.4. The minimum absolute atomic E-state index is 0.0149. The number of primary sulfonamides is 1. The predicted molar refractivity (Wildman–Crippen MR) is 83.6 cm³/mol. The molecule has 1 amide bonds. The number of rotatable bonds is 4. The second-order valence-corrected chi connectivity index (χ2v) is 7.81. The molecule has 0 aromatic heterocycles. The van der Waals surface area contributed by atoms with Gasteiger partial charge in [0.05, 0.1) is 4.90 Å². The molecule has 118 valence electrons. The zero-order valence-corrected chi connectivity index (χ0v) is 14.0. The lowest BCUT2D eigenvalue weighted by Crippen LogP contribution is -2.41. The molecule has 0 bridgehead atoms. The van der Waals surface area contributed by atoms with Gasteiger partial charge in [0, 0.05) is 11.6 Å². The van der Waals surface area contributed by atoms with Crippen LogP contribution in [0.1, 0.15) is 50.5 Å². The fourth-order valence-electron chi connectivity index (χ4n) is 1.75. The summed E-state index contributed by atoms with van der Waals surface area (Å²) in [4.78, 5) is 12.2. The number of hydrogen-bond acceptors (Lipinski definition) is 3. The SMILES string of the molecule is CCc1ccc(C(=O)NC(C)C(C)(C)C)cc1S(N)(=O)=O. The number of nitrogens with two attached hydrogens (primary N) is 1. The molecule has 0 fully saturated rings. The second kappa shape index (κ2) is 6.15. The summed E-state index contributed by atoms with van der Waals surface area (Å²) in [5.41, 5.74) is 0.826. The van der Waals surface area contributed by atoms with Crippen molar-refractivity contribution in [1.29, 1.82) is 0 Å². The van der Waals surface area contributed by atoms with Gasteiger partial charge in [-0.05, 0) is 36.5 Å². The summed E-state index contributed by atoms with van der Waals surface area (Å²) in [6.45, 7) is 9.82. The van der Waals surface area contributed by atoms with Gasteiger partial charge in [-0.2, -0.15) is 0 Å². The normalized spacial score (nSPS) is 13.8. The van der Waals surface area contributed by atoms with Gasteiger partial charge in [0.2, 0.25) is 10.0 Å². The molecule has 0 aliphatic heterocycles. The van der Waals surface area contributed by atoms with Crippen molar-refractivity contribution in [2.24, 2.45) is 10.6 Å². The van der Waals surface area contributed by atoms with Crippen molar-refractivity contribution >= 4 is 15.9 Å². The fourth-order valence-corrected chi connectivity index (χ4v) is 2.62. The summed E-state index contributed by atoms with van der Waals surface area (Å²) < 4.78 is 23.2. The molecule has 5 nitrogen and oxygen atoms in total. The van der Waals surface area contributed by atoms with Crippen LogP contribution in [0.2, 0.25) is 0 Å². The van der Waals surface area contributed by atoms with E-state index in [1.54, 1.807) is 12.1 Å². The smallest absolute Gasteiger partial charge is 0.251 e. The van der Waals surface area contributed by atoms with E-state index >= 15 is 0 Å².